The third kappa shape index (κ3) is 5.45. The second-order valence-corrected chi connectivity index (χ2v) is 6.84. The molecule has 0 saturated carbocycles. The van der Waals surface area contributed by atoms with Crippen molar-refractivity contribution in [2.75, 3.05) is 38.7 Å². The van der Waals surface area contributed by atoms with Crippen LogP contribution >= 0.6 is 0 Å². The molecule has 0 aliphatic carbocycles. The second-order valence-electron chi connectivity index (χ2n) is 6.84. The van der Waals surface area contributed by atoms with Crippen LogP contribution in [0, 0.1) is 5.92 Å². The lowest BCUT2D eigenvalue weighted by atomic mass is 9.97. The molecule has 0 bridgehead atoms. The van der Waals surface area contributed by atoms with Gasteiger partial charge in [-0.3, -0.25) is 9.59 Å². The van der Waals surface area contributed by atoms with Crippen LogP contribution in [0.15, 0.2) is 24.3 Å². The Morgan fingerprint density at radius 2 is 1.74 bits per heavy atom. The van der Waals surface area contributed by atoms with Gasteiger partial charge in [0.2, 0.25) is 0 Å². The number of anilines is 1. The van der Waals surface area contributed by atoms with E-state index in [1.807, 2.05) is 31.1 Å². The molecule has 148 valence electrons. The molecule has 1 aliphatic rings. The standard InChI is InChI=1S/C20H28N2O5/c1-5-26-19(24)16-10-12-22(13-11-16)18(23)14(2)27-20(25)15-6-8-17(9-7-15)21(3)4/h6-9,14,16H,5,10-13H2,1-4H3/t14-/m0/s1. The number of ether oxygens (including phenoxy) is 2. The maximum Gasteiger partial charge on any atom is 0.338 e. The van der Waals surface area contributed by atoms with Gasteiger partial charge in [0, 0.05) is 32.9 Å². The van der Waals surface area contributed by atoms with Gasteiger partial charge in [-0.15, -0.1) is 0 Å². The monoisotopic (exact) mass is 376 g/mol. The molecule has 1 fully saturated rings. The molecular formula is C20H28N2O5. The van der Waals surface area contributed by atoms with Crippen molar-refractivity contribution in [3.05, 3.63) is 29.8 Å². The fourth-order valence-electron chi connectivity index (χ4n) is 3.03. The molecule has 0 spiro atoms. The molecule has 1 aromatic carbocycles. The first-order valence-electron chi connectivity index (χ1n) is 9.27. The first kappa shape index (κ1) is 20.7. The maximum atomic E-state index is 12.5. The third-order valence-electron chi connectivity index (χ3n) is 4.68. The Kier molecular flexibility index (Phi) is 7.21. The van der Waals surface area contributed by atoms with Crippen LogP contribution in [0.25, 0.3) is 0 Å². The van der Waals surface area contributed by atoms with Crippen molar-refractivity contribution in [2.24, 2.45) is 5.92 Å². The van der Waals surface area contributed by atoms with Crippen LogP contribution in [0.2, 0.25) is 0 Å². The number of esters is 2. The highest BCUT2D eigenvalue weighted by Gasteiger charge is 2.31. The van der Waals surface area contributed by atoms with Crippen molar-refractivity contribution in [2.45, 2.75) is 32.8 Å². The molecule has 27 heavy (non-hydrogen) atoms. The minimum Gasteiger partial charge on any atom is -0.466 e. The van der Waals surface area contributed by atoms with Crippen molar-refractivity contribution in [3.63, 3.8) is 0 Å². The van der Waals surface area contributed by atoms with Crippen LogP contribution < -0.4 is 4.90 Å². The fraction of sp³-hybridized carbons (Fsp3) is 0.550. The lowest BCUT2D eigenvalue weighted by Crippen LogP contribution is -2.45. The quantitative estimate of drug-likeness (QED) is 0.708. The van der Waals surface area contributed by atoms with Gasteiger partial charge in [-0.25, -0.2) is 4.79 Å². The second kappa shape index (κ2) is 9.39. The normalized spacial score (nSPS) is 15.8. The zero-order valence-electron chi connectivity index (χ0n) is 16.4. The summed E-state index contributed by atoms with van der Waals surface area (Å²) in [4.78, 5) is 40.2. The number of likely N-dealkylation sites (tertiary alicyclic amines) is 1. The molecule has 1 heterocycles. The van der Waals surface area contributed by atoms with Crippen LogP contribution in [-0.2, 0) is 19.1 Å². The van der Waals surface area contributed by atoms with Crippen LogP contribution in [0.3, 0.4) is 0 Å². The minimum atomic E-state index is -0.870. The number of amides is 1. The van der Waals surface area contributed by atoms with Gasteiger partial charge in [0.15, 0.2) is 6.10 Å². The van der Waals surface area contributed by atoms with Crippen molar-refractivity contribution >= 4 is 23.5 Å². The van der Waals surface area contributed by atoms with Crippen molar-refractivity contribution in [1.82, 2.24) is 4.90 Å². The average Bonchev–Trinajstić information content (AvgIpc) is 2.67. The summed E-state index contributed by atoms with van der Waals surface area (Å²) in [5.41, 5.74) is 1.38. The molecule has 1 atom stereocenters. The Balaban J connectivity index is 1.86. The molecule has 1 amide bonds. The zero-order chi connectivity index (χ0) is 20.0. The zero-order valence-corrected chi connectivity index (χ0v) is 16.4. The first-order chi connectivity index (χ1) is 12.8. The Labute approximate surface area is 160 Å². The van der Waals surface area contributed by atoms with E-state index in [0.29, 0.717) is 38.1 Å². The number of nitrogens with zero attached hydrogens (tertiary/aromatic N) is 2. The van der Waals surface area contributed by atoms with Crippen molar-refractivity contribution in [3.8, 4) is 0 Å². The van der Waals surface area contributed by atoms with Gasteiger partial charge in [-0.05, 0) is 51.0 Å². The fourth-order valence-corrected chi connectivity index (χ4v) is 3.03. The summed E-state index contributed by atoms with van der Waals surface area (Å²) in [6.07, 6.45) is 0.263. The third-order valence-corrected chi connectivity index (χ3v) is 4.68. The number of carbonyl (C=O) groups excluding carboxylic acids is 3. The Morgan fingerprint density at radius 3 is 2.26 bits per heavy atom. The van der Waals surface area contributed by atoms with Gasteiger partial charge in [0.25, 0.3) is 5.91 Å². The molecule has 1 aliphatic heterocycles. The van der Waals surface area contributed by atoms with Gasteiger partial charge in [-0.1, -0.05) is 0 Å². The molecular weight excluding hydrogens is 348 g/mol. The van der Waals surface area contributed by atoms with E-state index in [1.165, 1.54) is 0 Å². The lowest BCUT2D eigenvalue weighted by molar-refractivity contribution is -0.152. The Morgan fingerprint density at radius 1 is 1.15 bits per heavy atom. The summed E-state index contributed by atoms with van der Waals surface area (Å²) in [6.45, 7) is 4.64. The number of piperidine rings is 1. The predicted octanol–water partition coefficient (Wildman–Crippen LogP) is 2.10. The average molecular weight is 376 g/mol. The van der Waals surface area contributed by atoms with E-state index in [9.17, 15) is 14.4 Å². The highest BCUT2D eigenvalue weighted by molar-refractivity contribution is 5.92. The predicted molar refractivity (Wildman–Crippen MR) is 102 cm³/mol. The minimum absolute atomic E-state index is 0.165. The van der Waals surface area contributed by atoms with Gasteiger partial charge in [0.05, 0.1) is 18.1 Å². The van der Waals surface area contributed by atoms with Gasteiger partial charge < -0.3 is 19.3 Å². The highest BCUT2D eigenvalue weighted by Crippen LogP contribution is 2.20. The highest BCUT2D eigenvalue weighted by atomic mass is 16.5. The number of carbonyl (C=O) groups is 3. The topological polar surface area (TPSA) is 76.1 Å². The molecule has 1 aromatic rings. The summed E-state index contributed by atoms with van der Waals surface area (Å²) in [7, 11) is 3.83. The van der Waals surface area contributed by atoms with E-state index in [1.54, 1.807) is 30.9 Å². The first-order valence-corrected chi connectivity index (χ1v) is 9.27. The number of rotatable bonds is 6. The molecule has 0 unspecified atom stereocenters. The summed E-state index contributed by atoms with van der Waals surface area (Å²) in [5.74, 6) is -1.13. The Hall–Kier alpha value is -2.57. The van der Waals surface area contributed by atoms with Crippen LogP contribution in [0.1, 0.15) is 37.0 Å². The SMILES string of the molecule is CCOC(=O)C1CCN(C(=O)[C@H](C)OC(=O)c2ccc(N(C)C)cc2)CC1. The number of hydrogen-bond acceptors (Lipinski definition) is 6. The summed E-state index contributed by atoms with van der Waals surface area (Å²) >= 11 is 0. The number of benzene rings is 1. The van der Waals surface area contributed by atoms with Gasteiger partial charge in [0.1, 0.15) is 0 Å². The summed E-state index contributed by atoms with van der Waals surface area (Å²) in [6, 6.07) is 7.01. The van der Waals surface area contributed by atoms with E-state index in [2.05, 4.69) is 0 Å². The summed E-state index contributed by atoms with van der Waals surface area (Å²) in [5, 5.41) is 0. The van der Waals surface area contributed by atoms with E-state index >= 15 is 0 Å². The Bertz CT molecular complexity index is 663. The molecule has 1 saturated heterocycles. The number of hydrogen-bond donors (Lipinski definition) is 0. The molecule has 7 heteroatoms. The maximum absolute atomic E-state index is 12.5. The van der Waals surface area contributed by atoms with E-state index in [4.69, 9.17) is 9.47 Å². The van der Waals surface area contributed by atoms with Gasteiger partial charge in [-0.2, -0.15) is 0 Å². The summed E-state index contributed by atoms with van der Waals surface area (Å²) < 4.78 is 10.4. The van der Waals surface area contributed by atoms with Crippen molar-refractivity contribution < 1.29 is 23.9 Å². The van der Waals surface area contributed by atoms with Crippen LogP contribution in [-0.4, -0.2) is 62.6 Å². The van der Waals surface area contributed by atoms with Crippen molar-refractivity contribution in [1.29, 1.82) is 0 Å². The lowest BCUT2D eigenvalue weighted by Gasteiger charge is -2.32. The van der Waals surface area contributed by atoms with Crippen LogP contribution in [0.4, 0.5) is 5.69 Å². The molecule has 0 radical (unpaired) electrons. The van der Waals surface area contributed by atoms with E-state index in [-0.39, 0.29) is 17.8 Å². The molecule has 0 N–H and O–H groups in total. The molecule has 7 nitrogen and oxygen atoms in total. The van der Waals surface area contributed by atoms with E-state index in [0.717, 1.165) is 5.69 Å². The largest absolute Gasteiger partial charge is 0.466 e. The van der Waals surface area contributed by atoms with E-state index < -0.39 is 12.1 Å². The molecule has 2 rings (SSSR count). The molecule has 0 aromatic heterocycles. The van der Waals surface area contributed by atoms with Gasteiger partial charge >= 0.3 is 11.9 Å². The van der Waals surface area contributed by atoms with Crippen LogP contribution in [0.5, 0.6) is 0 Å². The smallest absolute Gasteiger partial charge is 0.338 e.